The highest BCUT2D eigenvalue weighted by Gasteiger charge is 2.13. The number of benzene rings is 1. The van der Waals surface area contributed by atoms with Crippen LogP contribution in [-0.2, 0) is 17.6 Å². The highest BCUT2D eigenvalue weighted by atomic mass is 16.5. The minimum absolute atomic E-state index is 0.813. The second kappa shape index (κ2) is 6.77. The van der Waals surface area contributed by atoms with Crippen LogP contribution < -0.4 is 5.32 Å². The second-order valence-electron chi connectivity index (χ2n) is 4.96. The van der Waals surface area contributed by atoms with Crippen molar-refractivity contribution in [3.8, 4) is 0 Å². The Hall–Kier alpha value is -0.860. The van der Waals surface area contributed by atoms with E-state index < -0.39 is 0 Å². The van der Waals surface area contributed by atoms with Gasteiger partial charge in [-0.2, -0.15) is 0 Å². The van der Waals surface area contributed by atoms with Gasteiger partial charge in [0.15, 0.2) is 0 Å². The molecule has 17 heavy (non-hydrogen) atoms. The van der Waals surface area contributed by atoms with Crippen LogP contribution >= 0.6 is 0 Å². The molecule has 1 heterocycles. The normalized spacial score (nSPS) is 17.2. The van der Waals surface area contributed by atoms with Crippen LogP contribution in [-0.4, -0.2) is 26.8 Å². The lowest BCUT2D eigenvalue weighted by molar-refractivity contribution is 0.202. The van der Waals surface area contributed by atoms with Crippen molar-refractivity contribution < 1.29 is 4.74 Å². The Bertz CT molecular complexity index is 314. The summed E-state index contributed by atoms with van der Waals surface area (Å²) in [4.78, 5) is 0. The van der Waals surface area contributed by atoms with E-state index in [-0.39, 0.29) is 0 Å². The second-order valence-corrected chi connectivity index (χ2v) is 4.96. The predicted molar refractivity (Wildman–Crippen MR) is 71.3 cm³/mol. The van der Waals surface area contributed by atoms with Gasteiger partial charge in [-0.1, -0.05) is 24.3 Å². The molecule has 0 amide bonds. The van der Waals surface area contributed by atoms with Crippen LogP contribution in [0.25, 0.3) is 0 Å². The summed E-state index contributed by atoms with van der Waals surface area (Å²) in [6.45, 7) is 3.20. The summed E-state index contributed by atoms with van der Waals surface area (Å²) in [5, 5.41) is 3.42. The van der Waals surface area contributed by atoms with Crippen LogP contribution in [0.4, 0.5) is 0 Å². The van der Waals surface area contributed by atoms with Crippen molar-refractivity contribution in [3.63, 3.8) is 0 Å². The Morgan fingerprint density at radius 2 is 1.76 bits per heavy atom. The number of methoxy groups -OCH3 is 1. The van der Waals surface area contributed by atoms with Crippen molar-refractivity contribution in [3.05, 3.63) is 35.4 Å². The monoisotopic (exact) mass is 233 g/mol. The average molecular weight is 233 g/mol. The van der Waals surface area contributed by atoms with Gasteiger partial charge in [-0.05, 0) is 55.8 Å². The first-order chi connectivity index (χ1) is 8.38. The van der Waals surface area contributed by atoms with E-state index in [9.17, 15) is 0 Å². The van der Waals surface area contributed by atoms with E-state index in [2.05, 4.69) is 29.6 Å². The van der Waals surface area contributed by atoms with Crippen LogP contribution in [0.1, 0.15) is 24.0 Å². The van der Waals surface area contributed by atoms with Gasteiger partial charge in [-0.15, -0.1) is 0 Å². The zero-order chi connectivity index (χ0) is 11.9. The first-order valence-electron chi connectivity index (χ1n) is 6.66. The van der Waals surface area contributed by atoms with E-state index >= 15 is 0 Å². The molecule has 1 fully saturated rings. The molecule has 0 atom stereocenters. The molecule has 1 aromatic carbocycles. The maximum atomic E-state index is 5.09. The molecule has 1 aliphatic heterocycles. The summed E-state index contributed by atoms with van der Waals surface area (Å²) >= 11 is 0. The molecule has 2 rings (SSSR count). The van der Waals surface area contributed by atoms with Gasteiger partial charge in [0.05, 0.1) is 6.61 Å². The summed E-state index contributed by atoms with van der Waals surface area (Å²) in [5.74, 6) is 0.876. The Balaban J connectivity index is 1.84. The van der Waals surface area contributed by atoms with Gasteiger partial charge in [0.2, 0.25) is 0 Å². The number of rotatable bonds is 5. The number of nitrogens with one attached hydrogen (secondary N) is 1. The Kier molecular flexibility index (Phi) is 5.02. The third-order valence-corrected chi connectivity index (χ3v) is 3.60. The molecular weight excluding hydrogens is 210 g/mol. The molecule has 2 heteroatoms. The van der Waals surface area contributed by atoms with Gasteiger partial charge in [0, 0.05) is 7.11 Å². The molecule has 94 valence electrons. The van der Waals surface area contributed by atoms with E-state index in [4.69, 9.17) is 4.74 Å². The van der Waals surface area contributed by atoms with Gasteiger partial charge in [-0.25, -0.2) is 0 Å². The number of hydrogen-bond acceptors (Lipinski definition) is 2. The summed E-state index contributed by atoms with van der Waals surface area (Å²) in [7, 11) is 1.76. The van der Waals surface area contributed by atoms with Crippen molar-refractivity contribution in [1.82, 2.24) is 5.32 Å². The molecule has 1 N–H and O–H groups in total. The standard InChI is InChI=1S/C15H23NO/c1-17-11-8-13-2-4-14(5-3-13)12-15-6-9-16-10-7-15/h2-5,15-16H,6-12H2,1H3. The van der Waals surface area contributed by atoms with E-state index in [0.29, 0.717) is 0 Å². The van der Waals surface area contributed by atoms with Gasteiger partial charge in [0.1, 0.15) is 0 Å². The first-order valence-corrected chi connectivity index (χ1v) is 6.66. The Labute approximate surface area is 104 Å². The quantitative estimate of drug-likeness (QED) is 0.843. The highest BCUT2D eigenvalue weighted by Crippen LogP contribution is 2.18. The van der Waals surface area contributed by atoms with E-state index in [1.807, 2.05) is 0 Å². The summed E-state index contributed by atoms with van der Waals surface area (Å²) in [5.41, 5.74) is 2.86. The molecule has 1 aromatic rings. The first kappa shape index (κ1) is 12.6. The van der Waals surface area contributed by atoms with Crippen LogP contribution in [0.2, 0.25) is 0 Å². The van der Waals surface area contributed by atoms with E-state index in [1.54, 1.807) is 7.11 Å². The minimum Gasteiger partial charge on any atom is -0.384 e. The lowest BCUT2D eigenvalue weighted by atomic mass is 9.90. The van der Waals surface area contributed by atoms with Crippen molar-refractivity contribution in [2.75, 3.05) is 26.8 Å². The maximum absolute atomic E-state index is 5.09. The van der Waals surface area contributed by atoms with Crippen LogP contribution in [0.3, 0.4) is 0 Å². The summed E-state index contributed by atoms with van der Waals surface area (Å²) in [6, 6.07) is 9.06. The van der Waals surface area contributed by atoms with Gasteiger partial charge >= 0.3 is 0 Å². The predicted octanol–water partition coefficient (Wildman–Crippen LogP) is 2.42. The van der Waals surface area contributed by atoms with Crippen LogP contribution in [0.15, 0.2) is 24.3 Å². The molecule has 0 bridgehead atoms. The third kappa shape index (κ3) is 4.14. The zero-order valence-corrected chi connectivity index (χ0v) is 10.7. The number of hydrogen-bond donors (Lipinski definition) is 1. The lowest BCUT2D eigenvalue weighted by Gasteiger charge is -2.22. The Morgan fingerprint density at radius 1 is 1.12 bits per heavy atom. The smallest absolute Gasteiger partial charge is 0.0502 e. The molecule has 0 spiro atoms. The van der Waals surface area contributed by atoms with Crippen molar-refractivity contribution in [2.45, 2.75) is 25.7 Å². The molecule has 0 saturated carbocycles. The molecule has 0 aliphatic carbocycles. The van der Waals surface area contributed by atoms with E-state index in [0.717, 1.165) is 18.9 Å². The maximum Gasteiger partial charge on any atom is 0.0502 e. The third-order valence-electron chi connectivity index (χ3n) is 3.60. The summed E-state index contributed by atoms with van der Waals surface area (Å²) < 4.78 is 5.09. The van der Waals surface area contributed by atoms with Crippen molar-refractivity contribution in [1.29, 1.82) is 0 Å². The van der Waals surface area contributed by atoms with Crippen LogP contribution in [0.5, 0.6) is 0 Å². The fourth-order valence-corrected chi connectivity index (χ4v) is 2.48. The molecule has 0 aromatic heterocycles. The SMILES string of the molecule is COCCc1ccc(CC2CCNCC2)cc1. The van der Waals surface area contributed by atoms with Crippen molar-refractivity contribution in [2.24, 2.45) is 5.92 Å². The molecule has 1 saturated heterocycles. The molecule has 2 nitrogen and oxygen atoms in total. The average Bonchev–Trinajstić information content (AvgIpc) is 2.39. The van der Waals surface area contributed by atoms with Crippen LogP contribution in [0, 0.1) is 5.92 Å². The Morgan fingerprint density at radius 3 is 2.41 bits per heavy atom. The molecule has 0 radical (unpaired) electrons. The molecule has 1 aliphatic rings. The summed E-state index contributed by atoms with van der Waals surface area (Å²) in [6.07, 6.45) is 4.91. The molecule has 0 unspecified atom stereocenters. The number of ether oxygens (including phenoxy) is 1. The van der Waals surface area contributed by atoms with Crippen molar-refractivity contribution >= 4 is 0 Å². The fraction of sp³-hybridized carbons (Fsp3) is 0.600. The lowest BCUT2D eigenvalue weighted by Crippen LogP contribution is -2.28. The fourth-order valence-electron chi connectivity index (χ4n) is 2.48. The van der Waals surface area contributed by atoms with Gasteiger partial charge < -0.3 is 10.1 Å². The largest absolute Gasteiger partial charge is 0.384 e. The van der Waals surface area contributed by atoms with Gasteiger partial charge in [0.25, 0.3) is 0 Å². The molecular formula is C15H23NO. The van der Waals surface area contributed by atoms with E-state index in [1.165, 1.54) is 43.5 Å². The number of piperidine rings is 1. The highest BCUT2D eigenvalue weighted by molar-refractivity contribution is 5.23. The minimum atomic E-state index is 0.813. The van der Waals surface area contributed by atoms with Gasteiger partial charge in [-0.3, -0.25) is 0 Å². The zero-order valence-electron chi connectivity index (χ0n) is 10.7. The topological polar surface area (TPSA) is 21.3 Å².